The molecule has 0 aliphatic carbocycles. The van der Waals surface area contributed by atoms with Crippen LogP contribution in [0.2, 0.25) is 0 Å². The number of carbonyl (C=O) groups excluding carboxylic acids is 6. The second-order valence-corrected chi connectivity index (χ2v) is 41.3. The second kappa shape index (κ2) is 56.6. The minimum absolute atomic E-state index is 0.000694. The molecule has 0 saturated carbocycles. The normalized spacial score (nSPS) is 13.9. The van der Waals surface area contributed by atoms with E-state index in [0.29, 0.717) is 102 Å². The van der Waals surface area contributed by atoms with Crippen molar-refractivity contribution in [2.45, 2.75) is 298 Å². The molecule has 131 heavy (non-hydrogen) atoms. The highest BCUT2D eigenvalue weighted by atomic mass is 32.2. The van der Waals surface area contributed by atoms with Gasteiger partial charge in [-0.3, -0.25) is 42.4 Å². The van der Waals surface area contributed by atoms with Crippen LogP contribution in [0.3, 0.4) is 0 Å². The smallest absolute Gasteiger partial charge is 0.264 e. The third-order valence-corrected chi connectivity index (χ3v) is 26.4. The van der Waals surface area contributed by atoms with Gasteiger partial charge >= 0.3 is 0 Å². The zero-order chi connectivity index (χ0) is 96.2. The summed E-state index contributed by atoms with van der Waals surface area (Å²) >= 11 is 0. The van der Waals surface area contributed by atoms with E-state index in [0.717, 1.165) is 154 Å². The Morgan fingerprint density at radius 2 is 0.725 bits per heavy atom. The molecule has 2 heterocycles. The molecule has 0 atom stereocenters. The molecule has 0 bridgehead atoms. The summed E-state index contributed by atoms with van der Waals surface area (Å²) in [5.41, 5.74) is 0.408. The van der Waals surface area contributed by atoms with E-state index in [9.17, 15) is 80.6 Å². The van der Waals surface area contributed by atoms with Crippen molar-refractivity contribution in [1.82, 2.24) is 21.3 Å². The summed E-state index contributed by atoms with van der Waals surface area (Å²) in [5, 5.41) is 11.7. The summed E-state index contributed by atoms with van der Waals surface area (Å²) in [7, 11) is -18.2. The van der Waals surface area contributed by atoms with Gasteiger partial charge in [-0.1, -0.05) is 177 Å². The van der Waals surface area contributed by atoms with Crippen LogP contribution in [-0.4, -0.2) is 199 Å². The maximum Gasteiger partial charge on any atom is 0.264 e. The molecule has 4 amide bonds. The van der Waals surface area contributed by atoms with E-state index in [1.165, 1.54) is 18.2 Å². The Hall–Kier alpha value is -8.51. The van der Waals surface area contributed by atoms with Gasteiger partial charge in [0, 0.05) is 120 Å². The fourth-order valence-electron chi connectivity index (χ4n) is 16.2. The average molecular weight is 1910 g/mol. The van der Waals surface area contributed by atoms with Crippen molar-refractivity contribution in [2.24, 2.45) is 0 Å². The van der Waals surface area contributed by atoms with E-state index in [4.69, 9.17) is 28.4 Å². The van der Waals surface area contributed by atoms with Gasteiger partial charge in [0.05, 0.1) is 78.0 Å². The molecule has 34 heteroatoms. The third kappa shape index (κ3) is 38.1. The van der Waals surface area contributed by atoms with Crippen LogP contribution in [0.25, 0.3) is 0 Å². The number of benzene rings is 4. The number of ether oxygens (including phenoxy) is 6. The first kappa shape index (κ1) is 111. The number of allylic oxidation sites excluding steroid dienone is 4. The summed E-state index contributed by atoms with van der Waals surface area (Å²) in [6.45, 7) is 22.3. The number of anilines is 1. The Morgan fingerprint density at radius 1 is 0.389 bits per heavy atom. The molecule has 0 radical (unpaired) electrons. The predicted molar refractivity (Wildman–Crippen MR) is 512 cm³/mol. The number of Topliss-reactive ketones (excluding diaryl/α,β-unsaturated/α-hetero) is 2. The maximum absolute atomic E-state index is 14.9. The summed E-state index contributed by atoms with van der Waals surface area (Å²) in [6, 6.07) is 12.6. The van der Waals surface area contributed by atoms with Gasteiger partial charge in [-0.2, -0.15) is 29.8 Å². The van der Waals surface area contributed by atoms with E-state index >= 15 is 0 Å². The van der Waals surface area contributed by atoms with Crippen molar-refractivity contribution < 1.29 is 114 Å². The summed E-state index contributed by atoms with van der Waals surface area (Å²) in [4.78, 5) is 89.2. The summed E-state index contributed by atoms with van der Waals surface area (Å²) < 4.78 is 179. The van der Waals surface area contributed by atoms with E-state index in [1.54, 1.807) is 85.7 Å². The first-order chi connectivity index (χ1) is 62.3. The molecule has 0 saturated heterocycles. The van der Waals surface area contributed by atoms with Crippen LogP contribution in [0.5, 0.6) is 34.5 Å². The first-order valence-corrected chi connectivity index (χ1v) is 54.0. The van der Waals surface area contributed by atoms with Gasteiger partial charge in [0.15, 0.2) is 40.3 Å². The highest BCUT2D eigenvalue weighted by Gasteiger charge is 2.48. The van der Waals surface area contributed by atoms with Crippen molar-refractivity contribution in [1.29, 1.82) is 0 Å². The van der Waals surface area contributed by atoms with Crippen molar-refractivity contribution in [3.63, 3.8) is 0 Å². The first-order valence-electron chi connectivity index (χ1n) is 47.6. The Kier molecular flexibility index (Phi) is 48.1. The van der Waals surface area contributed by atoms with E-state index < -0.39 is 110 Å². The Morgan fingerprint density at radius 3 is 1.08 bits per heavy atom. The molecule has 6 rings (SSSR count). The minimum Gasteiger partial charge on any atom is -0.748 e. The van der Waals surface area contributed by atoms with Gasteiger partial charge in [-0.15, -0.1) is 0 Å². The number of amides is 4. The van der Waals surface area contributed by atoms with Crippen LogP contribution < -0.4 is 54.6 Å². The lowest BCUT2D eigenvalue weighted by Crippen LogP contribution is -2.30. The van der Waals surface area contributed by atoms with Crippen LogP contribution in [0, 0.1) is 0 Å². The third-order valence-electron chi connectivity index (χ3n) is 23.2. The number of nitrogens with zero attached hydrogens (tertiary/aromatic N) is 2. The van der Waals surface area contributed by atoms with Gasteiger partial charge in [-0.25, -0.2) is 8.42 Å². The quantitative estimate of drug-likeness (QED) is 0.00934. The minimum atomic E-state index is -4.82. The molecule has 7 N–H and O–H groups in total. The molecule has 2 aliphatic heterocycles. The summed E-state index contributed by atoms with van der Waals surface area (Å²) in [6.07, 6.45) is 27.6. The molecule has 2 aliphatic rings. The number of nitrogens with one attached hydrogen (secondary N) is 4. The zero-order valence-corrected chi connectivity index (χ0v) is 82.4. The highest BCUT2D eigenvalue weighted by Crippen LogP contribution is 2.51. The van der Waals surface area contributed by atoms with E-state index in [1.807, 2.05) is 0 Å². The Balaban J connectivity index is 1.37. The van der Waals surface area contributed by atoms with Crippen molar-refractivity contribution in [3.05, 3.63) is 117 Å². The number of ketones is 2. The average Bonchev–Trinajstić information content (AvgIpc) is 1.57. The largest absolute Gasteiger partial charge is 0.748 e. The maximum atomic E-state index is 14.9. The predicted octanol–water partition coefficient (Wildman–Crippen LogP) is 17.8. The molecule has 0 spiro atoms. The van der Waals surface area contributed by atoms with Crippen molar-refractivity contribution >= 4 is 92.8 Å². The number of hydrogen-bond acceptors (Lipinski definition) is 22. The van der Waals surface area contributed by atoms with Gasteiger partial charge in [0.1, 0.15) is 6.54 Å². The topological polar surface area (TPSA) is 432 Å². The monoisotopic (exact) mass is 1910 g/mol. The van der Waals surface area contributed by atoms with Crippen molar-refractivity contribution in [3.8, 4) is 34.5 Å². The molecular formula is C97H148N6O24S4. The lowest BCUT2D eigenvalue weighted by Gasteiger charge is -2.27. The number of fused-ring (bicyclic) bond motifs is 2. The lowest BCUT2D eigenvalue weighted by atomic mass is 9.77. The Labute approximate surface area is 779 Å². The van der Waals surface area contributed by atoms with Crippen LogP contribution >= 0.6 is 0 Å². The van der Waals surface area contributed by atoms with Gasteiger partial charge < -0.3 is 59.1 Å². The lowest BCUT2D eigenvalue weighted by molar-refractivity contribution is -0.437. The molecule has 0 fully saturated rings. The molecule has 0 aromatic heterocycles. The van der Waals surface area contributed by atoms with Crippen LogP contribution in [0.15, 0.2) is 72.5 Å². The van der Waals surface area contributed by atoms with Gasteiger partial charge in [-0.05, 0) is 151 Å². The molecule has 0 unspecified atom stereocenters. The Bertz CT molecular complexity index is 4900. The number of rotatable bonds is 70. The molecule has 30 nitrogen and oxygen atoms in total. The highest BCUT2D eigenvalue weighted by molar-refractivity contribution is 7.86. The van der Waals surface area contributed by atoms with E-state index in [-0.39, 0.29) is 143 Å². The molecule has 4 aromatic rings. The zero-order valence-electron chi connectivity index (χ0n) is 79.1. The summed E-state index contributed by atoms with van der Waals surface area (Å²) in [5.74, 6) is -3.48. The van der Waals surface area contributed by atoms with Crippen LogP contribution in [-0.2, 0) is 51.3 Å². The fourth-order valence-corrected chi connectivity index (χ4v) is 18.3. The molecule has 4 aromatic carbocycles. The number of unbranched alkanes of at least 4 members (excludes halogenated alkanes) is 20. The van der Waals surface area contributed by atoms with Crippen LogP contribution in [0.4, 0.5) is 11.4 Å². The molecular weight excluding hydrogens is 1760 g/mol. The van der Waals surface area contributed by atoms with Crippen LogP contribution in [0.1, 0.15) is 361 Å². The van der Waals surface area contributed by atoms with Gasteiger partial charge in [0.25, 0.3) is 54.0 Å². The molecule has 734 valence electrons. The number of hydrogen-bond donors (Lipinski definition) is 7. The fraction of sp³-hybridized carbons (Fsp3) is 0.639. The van der Waals surface area contributed by atoms with Gasteiger partial charge in [0.2, 0.25) is 17.2 Å². The second-order valence-electron chi connectivity index (χ2n) is 35.1. The standard InChI is InChI=1S/C97H148N6O24S4/c1-11-17-23-31-54-122-82-68-74(69-83(123-55-32-24-18-12-2)90(82)126-58-35-27-21-15-5)94(108)100-50-40-48-98-92(106)72-64-76(80(104)44-29-37-60-128(110,111)112)88-78(66-72)102(52-42-62-130(116,117)118)86(96(88,7)8)46-39-47-87-97(9,10)89-77(81(105)45-30-38-61-129(113,114)115)65-73(67-79(89)103(87)53-43-63-131(119,120)121)93(107)99-49-41-51-101-95(109)75-70-84(124-56-33-25-19-13-3)91(127-59-36-28-22-16-6)85(71-75)125-57-34-26-20-14-4/h39,46-47,64-71H,11-38,40-45,48-63H2,1-10H3,(H7-,98,99,100,101,106,107,108,109,110,111,112,113,114,115,116,117,118,119,120,121). The van der Waals surface area contributed by atoms with E-state index in [2.05, 4.69) is 62.8 Å². The SMILES string of the molecule is CCCCCCOc1cc(C(=O)NCCCNC(=O)c2cc(C(=O)CCCCS(=O)(=O)O)c3c(c2)N(CCCS(=O)(=O)O)/C(=C/C=C/C2=[N+](CCCS(=O)(=O)[O-])c4cc(C(=O)NCCCNC(=O)c5cc(OCCCCCC)c(OCCCCCC)c(OCCCCCC)c5)cc(C(=O)CCCCS(=O)(=O)O)c4C2(C)C)C3(C)C)cc(OCCCCCC)c1OCCCCCC. The van der Waals surface area contributed by atoms with Crippen molar-refractivity contribution in [2.75, 3.05) is 107 Å². The number of carbonyl (C=O) groups is 6.